The zero-order valence-corrected chi connectivity index (χ0v) is 18.7. The summed E-state index contributed by atoms with van der Waals surface area (Å²) in [5.41, 5.74) is -0.606. The summed E-state index contributed by atoms with van der Waals surface area (Å²) in [6.45, 7) is 8.27. The number of rotatable bonds is 3. The van der Waals surface area contributed by atoms with Crippen LogP contribution in [-0.2, 0) is 19.1 Å². The van der Waals surface area contributed by atoms with Gasteiger partial charge in [0.15, 0.2) is 0 Å². The first-order chi connectivity index (χ1) is 13.7. The highest BCUT2D eigenvalue weighted by atomic mass is 32.2. The van der Waals surface area contributed by atoms with E-state index in [1.165, 1.54) is 7.11 Å². The molecule has 8 nitrogen and oxygen atoms in total. The van der Waals surface area contributed by atoms with Crippen molar-refractivity contribution >= 4 is 29.7 Å². The third-order valence-electron chi connectivity index (χ3n) is 5.84. The Labute approximate surface area is 177 Å². The van der Waals surface area contributed by atoms with Gasteiger partial charge in [0.25, 0.3) is 0 Å². The third kappa shape index (κ3) is 5.36. The van der Waals surface area contributed by atoms with Crippen LogP contribution in [0.2, 0.25) is 0 Å². The lowest BCUT2D eigenvalue weighted by Crippen LogP contribution is -2.48. The molecule has 0 radical (unpaired) electrons. The number of hydrogen-bond acceptors (Lipinski definition) is 7. The number of hydrogen-bond donors (Lipinski definition) is 0. The van der Waals surface area contributed by atoms with Crippen LogP contribution in [0, 0.1) is 5.92 Å². The highest BCUT2D eigenvalue weighted by Crippen LogP contribution is 2.30. The van der Waals surface area contributed by atoms with Crippen molar-refractivity contribution in [1.29, 1.82) is 0 Å². The van der Waals surface area contributed by atoms with Crippen molar-refractivity contribution in [2.24, 2.45) is 5.92 Å². The minimum absolute atomic E-state index is 0.0211. The first-order valence-corrected chi connectivity index (χ1v) is 11.5. The van der Waals surface area contributed by atoms with Gasteiger partial charge in [-0.15, -0.1) is 11.8 Å². The molecule has 3 rings (SSSR count). The largest absolute Gasteiger partial charge is 0.469 e. The maximum absolute atomic E-state index is 13.1. The van der Waals surface area contributed by atoms with E-state index >= 15 is 0 Å². The van der Waals surface area contributed by atoms with Crippen molar-refractivity contribution in [3.63, 3.8) is 0 Å². The first-order valence-electron chi connectivity index (χ1n) is 10.4. The number of thioether (sulfide) groups is 1. The predicted octanol–water partition coefficient (Wildman–Crippen LogP) is 1.78. The summed E-state index contributed by atoms with van der Waals surface area (Å²) in [4.78, 5) is 43.5. The summed E-state index contributed by atoms with van der Waals surface area (Å²) in [5.74, 6) is 1.44. The van der Waals surface area contributed by atoms with E-state index in [0.717, 1.165) is 38.2 Å². The van der Waals surface area contributed by atoms with Gasteiger partial charge in [0.1, 0.15) is 11.6 Å². The molecule has 2 amide bonds. The third-order valence-corrected chi connectivity index (χ3v) is 6.80. The van der Waals surface area contributed by atoms with Crippen LogP contribution >= 0.6 is 11.8 Å². The minimum atomic E-state index is -0.606. The average molecular weight is 428 g/mol. The summed E-state index contributed by atoms with van der Waals surface area (Å²) in [5, 5.41) is 0. The van der Waals surface area contributed by atoms with Crippen molar-refractivity contribution in [3.8, 4) is 0 Å². The Morgan fingerprint density at radius 3 is 2.31 bits per heavy atom. The fourth-order valence-corrected chi connectivity index (χ4v) is 5.26. The molecule has 9 heteroatoms. The molecule has 0 N–H and O–H groups in total. The summed E-state index contributed by atoms with van der Waals surface area (Å²) in [6.07, 6.45) is 1.69. The molecule has 3 fully saturated rings. The Bertz CT molecular complexity index is 624. The summed E-state index contributed by atoms with van der Waals surface area (Å²) < 4.78 is 10.5. The highest BCUT2D eigenvalue weighted by Gasteiger charge is 2.45. The average Bonchev–Trinajstić information content (AvgIpc) is 3.35. The van der Waals surface area contributed by atoms with Gasteiger partial charge in [-0.1, -0.05) is 0 Å². The van der Waals surface area contributed by atoms with Crippen LogP contribution in [0.25, 0.3) is 0 Å². The second kappa shape index (κ2) is 9.12. The number of nitrogens with zero attached hydrogens (tertiary/aromatic N) is 3. The molecule has 0 saturated carbocycles. The lowest BCUT2D eigenvalue weighted by molar-refractivity contribution is -0.147. The number of esters is 1. The fourth-order valence-electron chi connectivity index (χ4n) is 4.30. The van der Waals surface area contributed by atoms with Gasteiger partial charge in [0.05, 0.1) is 18.9 Å². The number of methoxy groups -OCH3 is 1. The number of carbonyl (C=O) groups is 3. The molecule has 0 spiro atoms. The van der Waals surface area contributed by atoms with Crippen LogP contribution < -0.4 is 0 Å². The van der Waals surface area contributed by atoms with Gasteiger partial charge in [-0.05, 0) is 53.1 Å². The fraction of sp³-hybridized carbons (Fsp3) is 0.850. The number of amides is 2. The van der Waals surface area contributed by atoms with Crippen LogP contribution in [0.15, 0.2) is 0 Å². The molecule has 0 aromatic carbocycles. The second-order valence-electron chi connectivity index (χ2n) is 9.01. The van der Waals surface area contributed by atoms with Crippen LogP contribution in [-0.4, -0.2) is 95.3 Å². The quantitative estimate of drug-likeness (QED) is 0.635. The minimum Gasteiger partial charge on any atom is -0.469 e. The van der Waals surface area contributed by atoms with Crippen molar-refractivity contribution in [1.82, 2.24) is 14.7 Å². The van der Waals surface area contributed by atoms with E-state index in [-0.39, 0.29) is 23.8 Å². The van der Waals surface area contributed by atoms with E-state index in [1.54, 1.807) is 16.7 Å². The van der Waals surface area contributed by atoms with Gasteiger partial charge in [0.2, 0.25) is 5.91 Å². The summed E-state index contributed by atoms with van der Waals surface area (Å²) in [7, 11) is 1.43. The number of likely N-dealkylation sites (tertiary alicyclic amines) is 2. The molecule has 0 aromatic rings. The molecule has 29 heavy (non-hydrogen) atoms. The smallest absolute Gasteiger partial charge is 0.411 e. The molecule has 3 saturated heterocycles. The van der Waals surface area contributed by atoms with Gasteiger partial charge in [-0.2, -0.15) is 0 Å². The maximum atomic E-state index is 13.1. The normalized spacial score (nSPS) is 26.6. The zero-order valence-electron chi connectivity index (χ0n) is 17.9. The van der Waals surface area contributed by atoms with Gasteiger partial charge < -0.3 is 14.4 Å². The molecule has 2 atom stereocenters. The highest BCUT2D eigenvalue weighted by molar-refractivity contribution is 7.99. The molecular formula is C20H33N3O5S. The summed E-state index contributed by atoms with van der Waals surface area (Å²) >= 11 is 1.74. The first kappa shape index (κ1) is 22.2. The van der Waals surface area contributed by atoms with E-state index in [4.69, 9.17) is 9.47 Å². The lowest BCUT2D eigenvalue weighted by Gasteiger charge is -2.34. The molecular weight excluding hydrogens is 394 g/mol. The van der Waals surface area contributed by atoms with Crippen molar-refractivity contribution in [2.75, 3.05) is 44.9 Å². The van der Waals surface area contributed by atoms with Crippen molar-refractivity contribution in [2.45, 2.75) is 57.7 Å². The van der Waals surface area contributed by atoms with Crippen molar-refractivity contribution in [3.05, 3.63) is 0 Å². The summed E-state index contributed by atoms with van der Waals surface area (Å²) in [6, 6.07) is -0.378. The number of carbonyl (C=O) groups excluding carboxylic acids is 3. The van der Waals surface area contributed by atoms with Crippen LogP contribution in [0.5, 0.6) is 0 Å². The molecule has 3 heterocycles. The van der Waals surface area contributed by atoms with Gasteiger partial charge in [-0.25, -0.2) is 4.79 Å². The molecule has 0 bridgehead atoms. The van der Waals surface area contributed by atoms with Gasteiger partial charge in [0, 0.05) is 24.9 Å². The Morgan fingerprint density at radius 1 is 1.07 bits per heavy atom. The number of piperidine rings is 1. The Morgan fingerprint density at radius 2 is 1.76 bits per heavy atom. The monoisotopic (exact) mass is 427 g/mol. The topological polar surface area (TPSA) is 79.4 Å². The molecule has 0 unspecified atom stereocenters. The predicted molar refractivity (Wildman–Crippen MR) is 110 cm³/mol. The lowest BCUT2D eigenvalue weighted by atomic mass is 9.95. The van der Waals surface area contributed by atoms with Crippen LogP contribution in [0.3, 0.4) is 0 Å². The molecule has 164 valence electrons. The second-order valence-corrected chi connectivity index (χ2v) is 10.1. The molecule has 0 aromatic heterocycles. The van der Waals surface area contributed by atoms with E-state index in [1.807, 2.05) is 25.7 Å². The SMILES string of the molecule is COC(=O)C1CCN([C@H]2C[C@@H](C(=O)N3CCSC3)N(C(=O)OC(C)(C)C)C2)CC1. The van der Waals surface area contributed by atoms with Gasteiger partial charge >= 0.3 is 12.1 Å². The van der Waals surface area contributed by atoms with Crippen LogP contribution in [0.1, 0.15) is 40.0 Å². The molecule has 3 aliphatic rings. The zero-order chi connectivity index (χ0) is 21.2. The van der Waals surface area contributed by atoms with Gasteiger partial charge in [-0.3, -0.25) is 19.4 Å². The Hall–Kier alpha value is -1.48. The molecule has 0 aliphatic carbocycles. The maximum Gasteiger partial charge on any atom is 0.411 e. The Balaban J connectivity index is 1.68. The Kier molecular flexibility index (Phi) is 6.98. The van der Waals surface area contributed by atoms with Crippen LogP contribution in [0.4, 0.5) is 4.79 Å². The van der Waals surface area contributed by atoms with E-state index in [9.17, 15) is 14.4 Å². The number of ether oxygens (including phenoxy) is 2. The molecule has 3 aliphatic heterocycles. The standard InChI is InChI=1S/C20H33N3O5S/c1-20(2,3)28-19(26)23-12-15(11-16(23)17(24)22-9-10-29-13-22)21-7-5-14(6-8-21)18(25)27-4/h14-16H,5-13H2,1-4H3/t15-,16-/m0/s1. The van der Waals surface area contributed by atoms with Crippen molar-refractivity contribution < 1.29 is 23.9 Å². The van der Waals surface area contributed by atoms with E-state index in [2.05, 4.69) is 4.90 Å². The van der Waals surface area contributed by atoms with E-state index < -0.39 is 17.7 Å². The van der Waals surface area contributed by atoms with E-state index in [0.29, 0.717) is 18.8 Å².